The molecule has 1 aliphatic rings. The number of rotatable bonds is 5. The van der Waals surface area contributed by atoms with Gasteiger partial charge in [-0.1, -0.05) is 30.3 Å². The van der Waals surface area contributed by atoms with Crippen molar-refractivity contribution in [2.24, 2.45) is 0 Å². The normalized spacial score (nSPS) is 17.5. The number of nitrogens with zero attached hydrogens (tertiary/aromatic N) is 2. The minimum absolute atomic E-state index is 0.0873. The van der Waals surface area contributed by atoms with Crippen LogP contribution in [0.25, 0.3) is 0 Å². The van der Waals surface area contributed by atoms with E-state index in [-0.39, 0.29) is 12.1 Å². The molecule has 1 fully saturated rings. The monoisotopic (exact) mass is 326 g/mol. The first-order chi connectivity index (χ1) is 11.8. The number of anilines is 1. The Balaban J connectivity index is 1.44. The number of urea groups is 1. The van der Waals surface area contributed by atoms with Crippen LogP contribution in [-0.4, -0.2) is 48.2 Å². The summed E-state index contributed by atoms with van der Waals surface area (Å²) >= 11 is 0. The molecule has 0 saturated carbocycles. The third-order valence-electron chi connectivity index (χ3n) is 3.90. The van der Waals surface area contributed by atoms with E-state index in [4.69, 9.17) is 4.74 Å². The van der Waals surface area contributed by atoms with Crippen LogP contribution in [0.4, 0.5) is 10.5 Å². The molecule has 6 nitrogen and oxygen atoms in total. The number of nitrogens with one attached hydrogen (secondary N) is 2. The second kappa shape index (κ2) is 8.42. The molecule has 2 amide bonds. The Morgan fingerprint density at radius 2 is 2.04 bits per heavy atom. The molecule has 1 aromatic heterocycles. The highest BCUT2D eigenvalue weighted by molar-refractivity contribution is 5.89. The molecule has 2 N–H and O–H groups in total. The van der Waals surface area contributed by atoms with Crippen LogP contribution in [0.5, 0.6) is 0 Å². The summed E-state index contributed by atoms with van der Waals surface area (Å²) in [6, 6.07) is 13.7. The molecule has 126 valence electrons. The zero-order chi connectivity index (χ0) is 16.6. The molecule has 2 heterocycles. The van der Waals surface area contributed by atoms with E-state index in [1.54, 1.807) is 24.5 Å². The maximum Gasteiger partial charge on any atom is 0.321 e. The zero-order valence-corrected chi connectivity index (χ0v) is 13.5. The number of pyridine rings is 1. The van der Waals surface area contributed by atoms with Gasteiger partial charge in [0.1, 0.15) is 0 Å². The van der Waals surface area contributed by atoms with Crippen molar-refractivity contribution in [3.8, 4) is 0 Å². The van der Waals surface area contributed by atoms with Gasteiger partial charge in [0.05, 0.1) is 13.2 Å². The molecule has 0 radical (unpaired) electrons. The second-order valence-corrected chi connectivity index (χ2v) is 5.76. The molecule has 6 heteroatoms. The number of hydrogen-bond acceptors (Lipinski definition) is 4. The van der Waals surface area contributed by atoms with Crippen LogP contribution in [-0.2, 0) is 11.3 Å². The average Bonchev–Trinajstić information content (AvgIpc) is 2.64. The van der Waals surface area contributed by atoms with Gasteiger partial charge in [0.2, 0.25) is 0 Å². The minimum atomic E-state index is -0.0873. The summed E-state index contributed by atoms with van der Waals surface area (Å²) in [4.78, 5) is 18.1. The number of carbonyl (C=O) groups is 1. The number of benzene rings is 1. The topological polar surface area (TPSA) is 66.5 Å². The van der Waals surface area contributed by atoms with Gasteiger partial charge in [-0.3, -0.25) is 4.98 Å². The van der Waals surface area contributed by atoms with Gasteiger partial charge < -0.3 is 20.3 Å². The standard InChI is InChI=1S/C18H22N4O2/c23-18(21-16-6-8-19-9-7-16)22-11-10-20-17(12-22)14-24-13-15-4-2-1-3-5-15/h1-9,17,20H,10-14H2,(H,19,21,23). The van der Waals surface area contributed by atoms with Gasteiger partial charge >= 0.3 is 6.03 Å². The Hall–Kier alpha value is -2.44. The highest BCUT2D eigenvalue weighted by atomic mass is 16.5. The lowest BCUT2D eigenvalue weighted by Crippen LogP contribution is -2.55. The summed E-state index contributed by atoms with van der Waals surface area (Å²) in [6.45, 7) is 3.25. The highest BCUT2D eigenvalue weighted by Crippen LogP contribution is 2.08. The van der Waals surface area contributed by atoms with Crippen LogP contribution in [0, 0.1) is 0 Å². The molecule has 1 unspecified atom stereocenters. The Morgan fingerprint density at radius 1 is 1.25 bits per heavy atom. The second-order valence-electron chi connectivity index (χ2n) is 5.76. The molecule has 1 saturated heterocycles. The number of amides is 2. The predicted molar refractivity (Wildman–Crippen MR) is 92.7 cm³/mol. The van der Waals surface area contributed by atoms with Gasteiger partial charge in [-0.2, -0.15) is 0 Å². The number of piperazine rings is 1. The molecule has 1 aliphatic heterocycles. The summed E-state index contributed by atoms with van der Waals surface area (Å²) < 4.78 is 5.78. The van der Waals surface area contributed by atoms with Gasteiger partial charge in [0.25, 0.3) is 0 Å². The molecular formula is C18H22N4O2. The lowest BCUT2D eigenvalue weighted by Gasteiger charge is -2.33. The third kappa shape index (κ3) is 4.78. The largest absolute Gasteiger partial charge is 0.375 e. The molecule has 3 rings (SSSR count). The molecule has 1 atom stereocenters. The maximum absolute atomic E-state index is 12.3. The highest BCUT2D eigenvalue weighted by Gasteiger charge is 2.23. The molecule has 0 bridgehead atoms. The Labute approximate surface area is 141 Å². The lowest BCUT2D eigenvalue weighted by atomic mass is 10.2. The fourth-order valence-corrected chi connectivity index (χ4v) is 2.65. The average molecular weight is 326 g/mol. The SMILES string of the molecule is O=C(Nc1ccncc1)N1CCNC(COCc2ccccc2)C1. The third-order valence-corrected chi connectivity index (χ3v) is 3.90. The first kappa shape index (κ1) is 16.4. The van der Waals surface area contributed by atoms with Crippen molar-refractivity contribution in [2.75, 3.05) is 31.6 Å². The molecule has 0 spiro atoms. The Morgan fingerprint density at radius 3 is 2.83 bits per heavy atom. The van der Waals surface area contributed by atoms with Crippen molar-refractivity contribution < 1.29 is 9.53 Å². The maximum atomic E-state index is 12.3. The van der Waals surface area contributed by atoms with Crippen LogP contribution in [0.1, 0.15) is 5.56 Å². The molecule has 1 aromatic carbocycles. The first-order valence-electron chi connectivity index (χ1n) is 8.12. The van der Waals surface area contributed by atoms with E-state index in [0.29, 0.717) is 26.3 Å². The van der Waals surface area contributed by atoms with Crippen molar-refractivity contribution in [3.05, 3.63) is 60.4 Å². The fourth-order valence-electron chi connectivity index (χ4n) is 2.65. The molecule has 24 heavy (non-hydrogen) atoms. The van der Waals surface area contributed by atoms with Gasteiger partial charge in [-0.15, -0.1) is 0 Å². The van der Waals surface area contributed by atoms with E-state index < -0.39 is 0 Å². The van der Waals surface area contributed by atoms with Gasteiger partial charge in [-0.25, -0.2) is 4.79 Å². The quantitative estimate of drug-likeness (QED) is 0.883. The van der Waals surface area contributed by atoms with Crippen LogP contribution < -0.4 is 10.6 Å². The van der Waals surface area contributed by atoms with E-state index >= 15 is 0 Å². The van der Waals surface area contributed by atoms with Gasteiger partial charge in [-0.05, 0) is 17.7 Å². The Kier molecular flexibility index (Phi) is 5.76. The van der Waals surface area contributed by atoms with Crippen LogP contribution in [0.2, 0.25) is 0 Å². The van der Waals surface area contributed by atoms with E-state index in [0.717, 1.165) is 17.8 Å². The number of hydrogen-bond donors (Lipinski definition) is 2. The summed E-state index contributed by atoms with van der Waals surface area (Å²) in [5.41, 5.74) is 1.91. The van der Waals surface area contributed by atoms with Crippen LogP contribution >= 0.6 is 0 Å². The van der Waals surface area contributed by atoms with Crippen molar-refractivity contribution in [1.82, 2.24) is 15.2 Å². The van der Waals surface area contributed by atoms with E-state index in [1.807, 2.05) is 35.2 Å². The van der Waals surface area contributed by atoms with Crippen molar-refractivity contribution in [3.63, 3.8) is 0 Å². The minimum Gasteiger partial charge on any atom is -0.375 e. The summed E-state index contributed by atoms with van der Waals surface area (Å²) in [6.07, 6.45) is 3.32. The first-order valence-corrected chi connectivity index (χ1v) is 8.12. The summed E-state index contributed by atoms with van der Waals surface area (Å²) in [7, 11) is 0. The number of ether oxygens (including phenoxy) is 1. The lowest BCUT2D eigenvalue weighted by molar-refractivity contribution is 0.0794. The molecular weight excluding hydrogens is 304 g/mol. The summed E-state index contributed by atoms with van der Waals surface area (Å²) in [5.74, 6) is 0. The number of carbonyl (C=O) groups excluding carboxylic acids is 1. The van der Waals surface area contributed by atoms with Gasteiger partial charge in [0, 0.05) is 43.8 Å². The van der Waals surface area contributed by atoms with Crippen LogP contribution in [0.3, 0.4) is 0 Å². The van der Waals surface area contributed by atoms with E-state index in [9.17, 15) is 4.79 Å². The van der Waals surface area contributed by atoms with Crippen molar-refractivity contribution in [1.29, 1.82) is 0 Å². The predicted octanol–water partition coefficient (Wildman–Crippen LogP) is 2.10. The smallest absolute Gasteiger partial charge is 0.321 e. The van der Waals surface area contributed by atoms with Crippen LogP contribution in [0.15, 0.2) is 54.9 Å². The van der Waals surface area contributed by atoms with Crippen molar-refractivity contribution in [2.45, 2.75) is 12.6 Å². The van der Waals surface area contributed by atoms with E-state index in [1.165, 1.54) is 0 Å². The fraction of sp³-hybridized carbons (Fsp3) is 0.333. The van der Waals surface area contributed by atoms with Crippen molar-refractivity contribution >= 4 is 11.7 Å². The zero-order valence-electron chi connectivity index (χ0n) is 13.5. The Bertz CT molecular complexity index is 636. The summed E-state index contributed by atoms with van der Waals surface area (Å²) in [5, 5.41) is 6.29. The number of aromatic nitrogens is 1. The van der Waals surface area contributed by atoms with Gasteiger partial charge in [0.15, 0.2) is 0 Å². The van der Waals surface area contributed by atoms with E-state index in [2.05, 4.69) is 15.6 Å². The molecule has 2 aromatic rings. The molecule has 0 aliphatic carbocycles.